The molecular weight excluding hydrogens is 206 g/mol. The maximum atomic E-state index is 11.7. The van der Waals surface area contributed by atoms with Crippen molar-refractivity contribution in [3.63, 3.8) is 0 Å². The van der Waals surface area contributed by atoms with Crippen LogP contribution in [0.5, 0.6) is 0 Å². The lowest BCUT2D eigenvalue weighted by Gasteiger charge is -2.23. The second kappa shape index (κ2) is 5.12. The van der Waals surface area contributed by atoms with Crippen LogP contribution in [0.1, 0.15) is 33.4 Å². The molecule has 0 aliphatic carbocycles. The molecule has 0 aliphatic heterocycles. The summed E-state index contributed by atoms with van der Waals surface area (Å²) in [6.45, 7) is 8.20. The first kappa shape index (κ1) is 12.7. The second-order valence-corrected chi connectivity index (χ2v) is 4.83. The molecule has 0 aromatic carbocycles. The van der Waals surface area contributed by atoms with Crippen molar-refractivity contribution < 1.29 is 9.32 Å². The fraction of sp³-hybridized carbons (Fsp3) is 0.636. The van der Waals surface area contributed by atoms with E-state index in [-0.39, 0.29) is 17.5 Å². The molecule has 0 bridgehead atoms. The van der Waals surface area contributed by atoms with E-state index in [2.05, 4.69) is 15.8 Å². The van der Waals surface area contributed by atoms with Crippen molar-refractivity contribution in [1.82, 2.24) is 15.8 Å². The number of amides is 1. The molecule has 0 radical (unpaired) electrons. The first-order chi connectivity index (χ1) is 7.38. The molecule has 2 N–H and O–H groups in total. The smallest absolute Gasteiger partial charge is 0.237 e. The van der Waals surface area contributed by atoms with Gasteiger partial charge in [-0.1, -0.05) is 5.16 Å². The van der Waals surface area contributed by atoms with Gasteiger partial charge in [0.2, 0.25) is 5.91 Å². The fourth-order valence-corrected chi connectivity index (χ4v) is 1.16. The highest BCUT2D eigenvalue weighted by atomic mass is 16.5. The third kappa shape index (κ3) is 4.44. The summed E-state index contributed by atoms with van der Waals surface area (Å²) in [6, 6.07) is 1.51. The summed E-state index contributed by atoms with van der Waals surface area (Å²) in [5.74, 6) is -0.0176. The highest BCUT2D eigenvalue weighted by Crippen LogP contribution is 2.00. The molecule has 1 amide bonds. The van der Waals surface area contributed by atoms with Crippen LogP contribution in [0.15, 0.2) is 16.9 Å². The Morgan fingerprint density at radius 3 is 2.75 bits per heavy atom. The summed E-state index contributed by atoms with van der Waals surface area (Å²) >= 11 is 0. The van der Waals surface area contributed by atoms with E-state index < -0.39 is 0 Å². The molecule has 1 aromatic heterocycles. The SMILES string of the molecule is CC(NCc1ccon1)C(=O)NC(C)(C)C. The normalized spacial score (nSPS) is 13.5. The summed E-state index contributed by atoms with van der Waals surface area (Å²) in [7, 11) is 0. The van der Waals surface area contributed by atoms with E-state index in [0.29, 0.717) is 6.54 Å². The molecule has 0 fully saturated rings. The van der Waals surface area contributed by atoms with Crippen molar-refractivity contribution in [3.8, 4) is 0 Å². The van der Waals surface area contributed by atoms with Crippen LogP contribution < -0.4 is 10.6 Å². The van der Waals surface area contributed by atoms with Gasteiger partial charge in [-0.25, -0.2) is 0 Å². The number of rotatable bonds is 4. The average molecular weight is 225 g/mol. The van der Waals surface area contributed by atoms with Crippen LogP contribution >= 0.6 is 0 Å². The maximum absolute atomic E-state index is 11.7. The molecule has 0 saturated heterocycles. The van der Waals surface area contributed by atoms with Crippen LogP contribution in [0.4, 0.5) is 0 Å². The zero-order chi connectivity index (χ0) is 12.2. The predicted octanol–water partition coefficient (Wildman–Crippen LogP) is 1.07. The molecule has 1 aromatic rings. The van der Waals surface area contributed by atoms with Crippen molar-refractivity contribution >= 4 is 5.91 Å². The van der Waals surface area contributed by atoms with Crippen molar-refractivity contribution in [2.45, 2.75) is 45.8 Å². The first-order valence-corrected chi connectivity index (χ1v) is 5.33. The standard InChI is InChI=1S/C11H19N3O2/c1-8(10(15)13-11(2,3)4)12-7-9-5-6-16-14-9/h5-6,8,12H,7H2,1-4H3,(H,13,15). The number of nitrogens with zero attached hydrogens (tertiary/aromatic N) is 1. The van der Waals surface area contributed by atoms with Gasteiger partial charge in [0.15, 0.2) is 0 Å². The Kier molecular flexibility index (Phi) is 4.06. The van der Waals surface area contributed by atoms with Gasteiger partial charge >= 0.3 is 0 Å². The van der Waals surface area contributed by atoms with Gasteiger partial charge in [0.05, 0.1) is 11.7 Å². The first-order valence-electron chi connectivity index (χ1n) is 5.33. The van der Waals surface area contributed by atoms with E-state index in [4.69, 9.17) is 4.52 Å². The lowest BCUT2D eigenvalue weighted by Crippen LogP contribution is -2.49. The summed E-state index contributed by atoms with van der Waals surface area (Å²) in [5.41, 5.74) is 0.580. The van der Waals surface area contributed by atoms with E-state index in [0.717, 1.165) is 5.69 Å². The number of carbonyl (C=O) groups is 1. The second-order valence-electron chi connectivity index (χ2n) is 4.83. The highest BCUT2D eigenvalue weighted by molar-refractivity contribution is 5.81. The zero-order valence-corrected chi connectivity index (χ0v) is 10.2. The average Bonchev–Trinajstić information content (AvgIpc) is 2.63. The van der Waals surface area contributed by atoms with Crippen LogP contribution in [0, 0.1) is 0 Å². The van der Waals surface area contributed by atoms with E-state index in [1.807, 2.05) is 27.7 Å². The molecule has 5 heteroatoms. The molecule has 1 rings (SSSR count). The Balaban J connectivity index is 2.35. The summed E-state index contributed by atoms with van der Waals surface area (Å²) < 4.78 is 4.70. The summed E-state index contributed by atoms with van der Waals surface area (Å²) in [5, 5.41) is 9.73. The Hall–Kier alpha value is -1.36. The van der Waals surface area contributed by atoms with Crippen LogP contribution in [-0.4, -0.2) is 22.6 Å². The number of hydrogen-bond acceptors (Lipinski definition) is 4. The minimum atomic E-state index is -0.254. The van der Waals surface area contributed by atoms with Crippen molar-refractivity contribution in [2.24, 2.45) is 0 Å². The number of carbonyl (C=O) groups excluding carboxylic acids is 1. The molecule has 1 unspecified atom stereocenters. The minimum Gasteiger partial charge on any atom is -0.364 e. The summed E-state index contributed by atoms with van der Waals surface area (Å²) in [6.07, 6.45) is 1.51. The van der Waals surface area contributed by atoms with Crippen molar-refractivity contribution in [1.29, 1.82) is 0 Å². The van der Waals surface area contributed by atoms with Gasteiger partial charge in [-0.15, -0.1) is 0 Å². The van der Waals surface area contributed by atoms with E-state index in [1.54, 1.807) is 6.07 Å². The Labute approximate surface area is 95.6 Å². The van der Waals surface area contributed by atoms with Gasteiger partial charge in [-0.2, -0.15) is 0 Å². The monoisotopic (exact) mass is 225 g/mol. The van der Waals surface area contributed by atoms with E-state index >= 15 is 0 Å². The number of aromatic nitrogens is 1. The topological polar surface area (TPSA) is 67.2 Å². The zero-order valence-electron chi connectivity index (χ0n) is 10.2. The van der Waals surface area contributed by atoms with Crippen LogP contribution in [0.3, 0.4) is 0 Å². The fourth-order valence-electron chi connectivity index (χ4n) is 1.16. The molecular formula is C11H19N3O2. The molecule has 90 valence electrons. The van der Waals surface area contributed by atoms with Gasteiger partial charge in [0, 0.05) is 18.2 Å². The molecule has 0 saturated carbocycles. The molecule has 1 atom stereocenters. The Morgan fingerprint density at radius 2 is 2.25 bits per heavy atom. The van der Waals surface area contributed by atoms with Gasteiger partial charge < -0.3 is 15.2 Å². The third-order valence-corrected chi connectivity index (χ3v) is 1.97. The third-order valence-electron chi connectivity index (χ3n) is 1.97. The Morgan fingerprint density at radius 1 is 1.56 bits per heavy atom. The lowest BCUT2D eigenvalue weighted by atomic mass is 10.1. The Bertz CT molecular complexity index is 327. The quantitative estimate of drug-likeness (QED) is 0.804. The molecule has 1 heterocycles. The lowest BCUT2D eigenvalue weighted by molar-refractivity contribution is -0.124. The molecule has 0 spiro atoms. The van der Waals surface area contributed by atoms with E-state index in [1.165, 1.54) is 6.26 Å². The van der Waals surface area contributed by atoms with Crippen LogP contribution in [0.2, 0.25) is 0 Å². The van der Waals surface area contributed by atoms with Gasteiger partial charge in [-0.3, -0.25) is 4.79 Å². The molecule has 5 nitrogen and oxygen atoms in total. The maximum Gasteiger partial charge on any atom is 0.237 e. The van der Waals surface area contributed by atoms with Crippen LogP contribution in [0.25, 0.3) is 0 Å². The minimum absolute atomic E-state index is 0.0176. The number of nitrogens with one attached hydrogen (secondary N) is 2. The molecule has 16 heavy (non-hydrogen) atoms. The van der Waals surface area contributed by atoms with Gasteiger partial charge in [-0.05, 0) is 27.7 Å². The van der Waals surface area contributed by atoms with Gasteiger partial charge in [0.25, 0.3) is 0 Å². The summed E-state index contributed by atoms with van der Waals surface area (Å²) in [4.78, 5) is 11.7. The highest BCUT2D eigenvalue weighted by Gasteiger charge is 2.18. The van der Waals surface area contributed by atoms with Crippen molar-refractivity contribution in [2.75, 3.05) is 0 Å². The van der Waals surface area contributed by atoms with Crippen LogP contribution in [-0.2, 0) is 11.3 Å². The largest absolute Gasteiger partial charge is 0.364 e. The predicted molar refractivity (Wildman–Crippen MR) is 60.7 cm³/mol. The number of hydrogen-bond donors (Lipinski definition) is 2. The van der Waals surface area contributed by atoms with Crippen molar-refractivity contribution in [3.05, 3.63) is 18.0 Å². The molecule has 0 aliphatic rings. The van der Waals surface area contributed by atoms with Gasteiger partial charge in [0.1, 0.15) is 6.26 Å². The van der Waals surface area contributed by atoms with E-state index in [9.17, 15) is 4.79 Å².